The Labute approximate surface area is 100 Å². The van der Waals surface area contributed by atoms with Crippen LogP contribution in [0, 0.1) is 0 Å². The molecule has 90 valence electrons. The highest BCUT2D eigenvalue weighted by atomic mass is 32.1. The van der Waals surface area contributed by atoms with Crippen molar-refractivity contribution in [3.63, 3.8) is 0 Å². The SMILES string of the molecule is CC(C)(C)NC(=O)CCNCc1cncs1. The van der Waals surface area contributed by atoms with E-state index < -0.39 is 0 Å². The summed E-state index contributed by atoms with van der Waals surface area (Å²) in [6.07, 6.45) is 2.35. The first kappa shape index (κ1) is 13.1. The molecule has 0 radical (unpaired) electrons. The number of rotatable bonds is 5. The van der Waals surface area contributed by atoms with Crippen molar-refractivity contribution in [3.05, 3.63) is 16.6 Å². The molecule has 0 aliphatic carbocycles. The van der Waals surface area contributed by atoms with Crippen LogP contribution in [0.5, 0.6) is 0 Å². The molecule has 0 saturated carbocycles. The van der Waals surface area contributed by atoms with Crippen LogP contribution in [0.3, 0.4) is 0 Å². The summed E-state index contributed by atoms with van der Waals surface area (Å²) in [7, 11) is 0. The fraction of sp³-hybridized carbons (Fsp3) is 0.636. The molecule has 1 heterocycles. The van der Waals surface area contributed by atoms with E-state index in [0.29, 0.717) is 13.0 Å². The fourth-order valence-corrected chi connectivity index (χ4v) is 1.79. The molecule has 5 heteroatoms. The third kappa shape index (κ3) is 5.82. The Kier molecular flexibility index (Phi) is 4.89. The van der Waals surface area contributed by atoms with Crippen molar-refractivity contribution in [2.75, 3.05) is 6.54 Å². The number of carbonyl (C=O) groups excluding carboxylic acids is 1. The predicted octanol–water partition coefficient (Wildman–Crippen LogP) is 1.54. The summed E-state index contributed by atoms with van der Waals surface area (Å²) in [4.78, 5) is 16.6. The van der Waals surface area contributed by atoms with Crippen LogP contribution < -0.4 is 10.6 Å². The van der Waals surface area contributed by atoms with Gasteiger partial charge in [0.2, 0.25) is 5.91 Å². The summed E-state index contributed by atoms with van der Waals surface area (Å²) in [6.45, 7) is 7.42. The van der Waals surface area contributed by atoms with E-state index in [-0.39, 0.29) is 11.4 Å². The molecule has 0 unspecified atom stereocenters. The number of carbonyl (C=O) groups is 1. The van der Waals surface area contributed by atoms with Gasteiger partial charge in [-0.05, 0) is 20.8 Å². The lowest BCUT2D eigenvalue weighted by atomic mass is 10.1. The molecule has 1 rings (SSSR count). The standard InChI is InChI=1S/C11H19N3OS/c1-11(2,3)14-10(15)4-5-12-6-9-7-13-8-16-9/h7-8,12H,4-6H2,1-3H3,(H,14,15). The number of nitrogens with one attached hydrogen (secondary N) is 2. The van der Waals surface area contributed by atoms with Crippen LogP contribution in [-0.4, -0.2) is 23.0 Å². The zero-order valence-corrected chi connectivity index (χ0v) is 10.9. The van der Waals surface area contributed by atoms with Crippen LogP contribution in [0.25, 0.3) is 0 Å². The number of aromatic nitrogens is 1. The van der Waals surface area contributed by atoms with Crippen molar-refractivity contribution in [2.45, 2.75) is 39.3 Å². The van der Waals surface area contributed by atoms with Crippen molar-refractivity contribution in [1.29, 1.82) is 0 Å². The number of thiazole rings is 1. The van der Waals surface area contributed by atoms with Crippen LogP contribution in [0.1, 0.15) is 32.1 Å². The lowest BCUT2D eigenvalue weighted by Gasteiger charge is -2.20. The van der Waals surface area contributed by atoms with Gasteiger partial charge in [-0.1, -0.05) is 0 Å². The van der Waals surface area contributed by atoms with Crippen molar-refractivity contribution in [1.82, 2.24) is 15.6 Å². The normalized spacial score (nSPS) is 11.4. The zero-order chi connectivity index (χ0) is 12.0. The molecule has 1 amide bonds. The minimum atomic E-state index is -0.144. The van der Waals surface area contributed by atoms with E-state index in [4.69, 9.17) is 0 Å². The quantitative estimate of drug-likeness (QED) is 0.769. The van der Waals surface area contributed by atoms with E-state index in [1.54, 1.807) is 11.3 Å². The third-order valence-corrected chi connectivity index (χ3v) is 2.61. The van der Waals surface area contributed by atoms with Gasteiger partial charge in [0.25, 0.3) is 0 Å². The Morgan fingerprint density at radius 2 is 2.25 bits per heavy atom. The molecule has 16 heavy (non-hydrogen) atoms. The van der Waals surface area contributed by atoms with Crippen LogP contribution in [-0.2, 0) is 11.3 Å². The van der Waals surface area contributed by atoms with Crippen LogP contribution in [0.4, 0.5) is 0 Å². The first-order chi connectivity index (χ1) is 7.47. The number of hydrogen-bond acceptors (Lipinski definition) is 4. The molecule has 0 bridgehead atoms. The molecule has 1 aromatic rings. The Morgan fingerprint density at radius 1 is 1.50 bits per heavy atom. The van der Waals surface area contributed by atoms with Gasteiger partial charge in [-0.2, -0.15) is 0 Å². The number of amides is 1. The highest BCUT2D eigenvalue weighted by Gasteiger charge is 2.12. The molecule has 0 saturated heterocycles. The Morgan fingerprint density at radius 3 is 2.81 bits per heavy atom. The molecule has 2 N–H and O–H groups in total. The molecule has 0 fully saturated rings. The Balaban J connectivity index is 2.09. The second-order valence-corrected chi connectivity index (χ2v) is 5.66. The molecule has 4 nitrogen and oxygen atoms in total. The number of nitrogens with zero attached hydrogens (tertiary/aromatic N) is 1. The third-order valence-electron chi connectivity index (χ3n) is 1.83. The van der Waals surface area contributed by atoms with Gasteiger partial charge in [-0.25, -0.2) is 0 Å². The van der Waals surface area contributed by atoms with Crippen LogP contribution >= 0.6 is 11.3 Å². The van der Waals surface area contributed by atoms with Crippen molar-refractivity contribution >= 4 is 17.2 Å². The first-order valence-electron chi connectivity index (χ1n) is 5.36. The van der Waals surface area contributed by atoms with E-state index in [1.807, 2.05) is 32.5 Å². The molecule has 0 aliphatic rings. The van der Waals surface area contributed by atoms with Gasteiger partial charge < -0.3 is 10.6 Å². The summed E-state index contributed by atoms with van der Waals surface area (Å²) in [5.41, 5.74) is 1.66. The number of hydrogen-bond donors (Lipinski definition) is 2. The zero-order valence-electron chi connectivity index (χ0n) is 10.0. The van der Waals surface area contributed by atoms with Crippen LogP contribution in [0.2, 0.25) is 0 Å². The van der Waals surface area contributed by atoms with Crippen molar-refractivity contribution in [2.24, 2.45) is 0 Å². The van der Waals surface area contributed by atoms with Crippen LogP contribution in [0.15, 0.2) is 11.7 Å². The monoisotopic (exact) mass is 241 g/mol. The van der Waals surface area contributed by atoms with Crippen molar-refractivity contribution < 1.29 is 4.79 Å². The average Bonchev–Trinajstić information content (AvgIpc) is 2.62. The summed E-state index contributed by atoms with van der Waals surface area (Å²) in [5, 5.41) is 6.14. The molecule has 0 spiro atoms. The smallest absolute Gasteiger partial charge is 0.221 e. The summed E-state index contributed by atoms with van der Waals surface area (Å²) in [6, 6.07) is 0. The van der Waals surface area contributed by atoms with Gasteiger partial charge in [0.1, 0.15) is 0 Å². The summed E-state index contributed by atoms with van der Waals surface area (Å²) < 4.78 is 0. The van der Waals surface area contributed by atoms with Gasteiger partial charge in [-0.15, -0.1) is 11.3 Å². The second-order valence-electron chi connectivity index (χ2n) is 4.69. The second kappa shape index (κ2) is 5.96. The largest absolute Gasteiger partial charge is 0.351 e. The molecular weight excluding hydrogens is 222 g/mol. The van der Waals surface area contributed by atoms with Gasteiger partial charge in [0, 0.05) is 36.1 Å². The van der Waals surface area contributed by atoms with Gasteiger partial charge in [0.15, 0.2) is 0 Å². The molecule has 0 aromatic carbocycles. The molecule has 1 aromatic heterocycles. The highest BCUT2D eigenvalue weighted by Crippen LogP contribution is 2.04. The van der Waals surface area contributed by atoms with E-state index in [9.17, 15) is 4.79 Å². The minimum Gasteiger partial charge on any atom is -0.351 e. The average molecular weight is 241 g/mol. The Hall–Kier alpha value is -0.940. The van der Waals surface area contributed by atoms with Gasteiger partial charge >= 0.3 is 0 Å². The Bertz CT molecular complexity index is 316. The van der Waals surface area contributed by atoms with E-state index in [2.05, 4.69) is 15.6 Å². The van der Waals surface area contributed by atoms with Gasteiger partial charge in [0.05, 0.1) is 5.51 Å². The fourth-order valence-electron chi connectivity index (χ4n) is 1.22. The predicted molar refractivity (Wildman–Crippen MR) is 66.3 cm³/mol. The minimum absolute atomic E-state index is 0.0873. The lowest BCUT2D eigenvalue weighted by molar-refractivity contribution is -0.122. The summed E-state index contributed by atoms with van der Waals surface area (Å²) >= 11 is 1.62. The van der Waals surface area contributed by atoms with E-state index >= 15 is 0 Å². The van der Waals surface area contributed by atoms with Gasteiger partial charge in [-0.3, -0.25) is 9.78 Å². The summed E-state index contributed by atoms with van der Waals surface area (Å²) in [5.74, 6) is 0.0873. The van der Waals surface area contributed by atoms with E-state index in [1.165, 1.54) is 4.88 Å². The van der Waals surface area contributed by atoms with E-state index in [0.717, 1.165) is 6.54 Å². The van der Waals surface area contributed by atoms with Crippen molar-refractivity contribution in [3.8, 4) is 0 Å². The lowest BCUT2D eigenvalue weighted by Crippen LogP contribution is -2.41. The molecular formula is C11H19N3OS. The maximum atomic E-state index is 11.5. The maximum absolute atomic E-state index is 11.5. The first-order valence-corrected chi connectivity index (χ1v) is 6.24. The molecule has 0 atom stereocenters. The molecule has 0 aliphatic heterocycles. The highest BCUT2D eigenvalue weighted by molar-refractivity contribution is 7.09. The maximum Gasteiger partial charge on any atom is 0.221 e. The topological polar surface area (TPSA) is 54.0 Å².